The Labute approximate surface area is 108 Å². The normalized spacial score (nSPS) is 12.5. The van der Waals surface area contributed by atoms with Gasteiger partial charge in [0, 0.05) is 17.5 Å². The topological polar surface area (TPSA) is 12.0 Å². The molecule has 0 amide bonds. The van der Waals surface area contributed by atoms with Crippen LogP contribution in [0, 0.1) is 0 Å². The highest BCUT2D eigenvalue weighted by molar-refractivity contribution is 7.09. The van der Waals surface area contributed by atoms with Crippen LogP contribution in [0.15, 0.2) is 47.8 Å². The van der Waals surface area contributed by atoms with Crippen LogP contribution in [0.3, 0.4) is 0 Å². The Morgan fingerprint density at radius 2 is 1.94 bits per heavy atom. The Bertz CT molecular complexity index is 408. The van der Waals surface area contributed by atoms with Gasteiger partial charge in [0.2, 0.25) is 0 Å². The van der Waals surface area contributed by atoms with Crippen molar-refractivity contribution in [2.24, 2.45) is 0 Å². The molecule has 0 aliphatic rings. The molecule has 1 heterocycles. The highest BCUT2D eigenvalue weighted by Crippen LogP contribution is 2.09. The van der Waals surface area contributed by atoms with E-state index in [9.17, 15) is 0 Å². The second-order valence-electron chi connectivity index (χ2n) is 4.39. The van der Waals surface area contributed by atoms with E-state index in [0.29, 0.717) is 6.04 Å². The number of nitrogens with one attached hydrogen (secondary N) is 1. The summed E-state index contributed by atoms with van der Waals surface area (Å²) in [5.74, 6) is 0. The lowest BCUT2D eigenvalue weighted by atomic mass is 10.1. The van der Waals surface area contributed by atoms with Gasteiger partial charge in [-0.3, -0.25) is 0 Å². The Balaban J connectivity index is 1.69. The number of aryl methyl sites for hydroxylation is 1. The molecule has 2 aromatic rings. The lowest BCUT2D eigenvalue weighted by molar-refractivity contribution is 0.517. The van der Waals surface area contributed by atoms with Crippen LogP contribution in [0.2, 0.25) is 0 Å². The molecule has 2 rings (SSSR count). The van der Waals surface area contributed by atoms with E-state index in [0.717, 1.165) is 13.0 Å². The third kappa shape index (κ3) is 4.33. The largest absolute Gasteiger partial charge is 0.309 e. The lowest BCUT2D eigenvalue weighted by Gasteiger charge is -2.12. The molecule has 17 heavy (non-hydrogen) atoms. The smallest absolute Gasteiger partial charge is 0.0302 e. The number of hydrogen-bond acceptors (Lipinski definition) is 2. The molecular weight excluding hydrogens is 226 g/mol. The van der Waals surface area contributed by atoms with E-state index in [4.69, 9.17) is 0 Å². The zero-order valence-corrected chi connectivity index (χ0v) is 11.0. The van der Waals surface area contributed by atoms with E-state index in [2.05, 4.69) is 60.1 Å². The highest BCUT2D eigenvalue weighted by Gasteiger charge is 2.02. The van der Waals surface area contributed by atoms with Crippen molar-refractivity contribution in [2.75, 3.05) is 0 Å². The van der Waals surface area contributed by atoms with Gasteiger partial charge in [0.15, 0.2) is 0 Å². The van der Waals surface area contributed by atoms with Crippen molar-refractivity contribution in [3.05, 3.63) is 58.3 Å². The minimum Gasteiger partial charge on any atom is -0.309 e. The SMILES string of the molecule is C[C@@H](CCc1ccccc1)NCc1cccs1. The summed E-state index contributed by atoms with van der Waals surface area (Å²) in [4.78, 5) is 1.41. The summed E-state index contributed by atoms with van der Waals surface area (Å²) in [6.07, 6.45) is 2.34. The van der Waals surface area contributed by atoms with Gasteiger partial charge in [-0.15, -0.1) is 11.3 Å². The van der Waals surface area contributed by atoms with Crippen molar-refractivity contribution in [1.29, 1.82) is 0 Å². The van der Waals surface area contributed by atoms with Crippen molar-refractivity contribution < 1.29 is 0 Å². The third-order valence-electron chi connectivity index (χ3n) is 2.91. The van der Waals surface area contributed by atoms with Crippen LogP contribution in [0.1, 0.15) is 23.8 Å². The van der Waals surface area contributed by atoms with Crippen molar-refractivity contribution in [2.45, 2.75) is 32.4 Å². The molecule has 0 unspecified atom stereocenters. The molecule has 1 aromatic carbocycles. The summed E-state index contributed by atoms with van der Waals surface area (Å²) in [6, 6.07) is 15.5. The molecule has 1 aromatic heterocycles. The maximum Gasteiger partial charge on any atom is 0.0302 e. The predicted octanol–water partition coefficient (Wildman–Crippen LogP) is 3.86. The Morgan fingerprint density at radius 1 is 1.12 bits per heavy atom. The van der Waals surface area contributed by atoms with E-state index in [1.807, 2.05) is 11.3 Å². The lowest BCUT2D eigenvalue weighted by Crippen LogP contribution is -2.25. The number of benzene rings is 1. The second kappa shape index (κ2) is 6.58. The van der Waals surface area contributed by atoms with E-state index in [1.165, 1.54) is 16.9 Å². The van der Waals surface area contributed by atoms with Crippen LogP contribution in [0.4, 0.5) is 0 Å². The summed E-state index contributed by atoms with van der Waals surface area (Å²) in [5.41, 5.74) is 1.43. The van der Waals surface area contributed by atoms with Crippen molar-refractivity contribution in [3.8, 4) is 0 Å². The molecule has 0 spiro atoms. The third-order valence-corrected chi connectivity index (χ3v) is 3.79. The fraction of sp³-hybridized carbons (Fsp3) is 0.333. The summed E-state index contributed by atoms with van der Waals surface area (Å²) >= 11 is 1.82. The molecule has 1 nitrogen and oxygen atoms in total. The maximum atomic E-state index is 3.57. The highest BCUT2D eigenvalue weighted by atomic mass is 32.1. The Hall–Kier alpha value is -1.12. The van der Waals surface area contributed by atoms with Crippen molar-refractivity contribution >= 4 is 11.3 Å². The molecule has 1 N–H and O–H groups in total. The molecule has 0 bridgehead atoms. The average Bonchev–Trinajstić information content (AvgIpc) is 2.88. The molecule has 90 valence electrons. The summed E-state index contributed by atoms with van der Waals surface area (Å²) in [6.45, 7) is 3.25. The summed E-state index contributed by atoms with van der Waals surface area (Å²) in [7, 11) is 0. The van der Waals surface area contributed by atoms with Gasteiger partial charge in [-0.2, -0.15) is 0 Å². The van der Waals surface area contributed by atoms with E-state index in [1.54, 1.807) is 0 Å². The minimum absolute atomic E-state index is 0.567. The first-order valence-electron chi connectivity index (χ1n) is 6.14. The molecule has 0 saturated heterocycles. The minimum atomic E-state index is 0.567. The van der Waals surface area contributed by atoms with Gasteiger partial charge in [0.25, 0.3) is 0 Å². The molecule has 1 atom stereocenters. The molecule has 0 aliphatic carbocycles. The molecular formula is C15H19NS. The Kier molecular flexibility index (Phi) is 4.77. The van der Waals surface area contributed by atoms with Crippen LogP contribution < -0.4 is 5.32 Å². The molecule has 2 heteroatoms. The van der Waals surface area contributed by atoms with Crippen LogP contribution >= 0.6 is 11.3 Å². The zero-order valence-electron chi connectivity index (χ0n) is 10.2. The molecule has 0 aliphatic heterocycles. The van der Waals surface area contributed by atoms with Gasteiger partial charge < -0.3 is 5.32 Å². The van der Waals surface area contributed by atoms with E-state index >= 15 is 0 Å². The quantitative estimate of drug-likeness (QED) is 0.815. The van der Waals surface area contributed by atoms with Gasteiger partial charge in [-0.05, 0) is 36.8 Å². The van der Waals surface area contributed by atoms with E-state index in [-0.39, 0.29) is 0 Å². The van der Waals surface area contributed by atoms with Gasteiger partial charge in [-0.1, -0.05) is 36.4 Å². The second-order valence-corrected chi connectivity index (χ2v) is 5.42. The number of hydrogen-bond donors (Lipinski definition) is 1. The predicted molar refractivity (Wildman–Crippen MR) is 75.4 cm³/mol. The van der Waals surface area contributed by atoms with Gasteiger partial charge in [0.1, 0.15) is 0 Å². The van der Waals surface area contributed by atoms with Gasteiger partial charge in [0.05, 0.1) is 0 Å². The monoisotopic (exact) mass is 245 g/mol. The maximum absolute atomic E-state index is 3.57. The van der Waals surface area contributed by atoms with Crippen LogP contribution in [-0.2, 0) is 13.0 Å². The molecule has 0 saturated carbocycles. The first-order chi connectivity index (χ1) is 8.34. The standard InChI is InChI=1S/C15H19NS/c1-13(16-12-15-8-5-11-17-15)9-10-14-6-3-2-4-7-14/h2-8,11,13,16H,9-10,12H2,1H3/t13-/m0/s1. The average molecular weight is 245 g/mol. The van der Waals surface area contributed by atoms with Crippen LogP contribution in [-0.4, -0.2) is 6.04 Å². The fourth-order valence-electron chi connectivity index (χ4n) is 1.82. The van der Waals surface area contributed by atoms with Crippen LogP contribution in [0.5, 0.6) is 0 Å². The van der Waals surface area contributed by atoms with Crippen LogP contribution in [0.25, 0.3) is 0 Å². The van der Waals surface area contributed by atoms with Crippen molar-refractivity contribution in [3.63, 3.8) is 0 Å². The summed E-state index contributed by atoms with van der Waals surface area (Å²) < 4.78 is 0. The zero-order chi connectivity index (χ0) is 11.9. The first-order valence-corrected chi connectivity index (χ1v) is 7.02. The first kappa shape index (κ1) is 12.3. The fourth-order valence-corrected chi connectivity index (χ4v) is 2.47. The Morgan fingerprint density at radius 3 is 2.65 bits per heavy atom. The van der Waals surface area contributed by atoms with Crippen molar-refractivity contribution in [1.82, 2.24) is 5.32 Å². The summed E-state index contributed by atoms with van der Waals surface area (Å²) in [5, 5.41) is 5.70. The molecule has 0 radical (unpaired) electrons. The number of thiophene rings is 1. The van der Waals surface area contributed by atoms with Gasteiger partial charge >= 0.3 is 0 Å². The molecule has 0 fully saturated rings. The van der Waals surface area contributed by atoms with Gasteiger partial charge in [-0.25, -0.2) is 0 Å². The van der Waals surface area contributed by atoms with E-state index < -0.39 is 0 Å². The number of rotatable bonds is 6.